The van der Waals surface area contributed by atoms with E-state index in [-0.39, 0.29) is 5.56 Å². The van der Waals surface area contributed by atoms with Gasteiger partial charge in [-0.2, -0.15) is 12.6 Å². The van der Waals surface area contributed by atoms with Crippen LogP contribution in [0.1, 0.15) is 22.5 Å². The minimum atomic E-state index is -0.979. The molecule has 0 radical (unpaired) electrons. The van der Waals surface area contributed by atoms with Crippen molar-refractivity contribution >= 4 is 18.6 Å². The Hall–Kier alpha value is -1.47. The number of aromatic carboxylic acids is 1. The van der Waals surface area contributed by atoms with Crippen LogP contribution in [0.5, 0.6) is 0 Å². The lowest BCUT2D eigenvalue weighted by Gasteiger charge is -1.92. The lowest BCUT2D eigenvalue weighted by atomic mass is 10.2. The number of carboxylic acid groups (broad SMARTS) is 1. The van der Waals surface area contributed by atoms with Crippen LogP contribution < -0.4 is 0 Å². The minimum absolute atomic E-state index is 0.171. The average Bonchev–Trinajstić information content (AvgIpc) is 2.19. The molecule has 0 fully saturated rings. The van der Waals surface area contributed by atoms with Crippen LogP contribution in [0.15, 0.2) is 18.3 Å². The Bertz CT molecular complexity index is 375. The second kappa shape index (κ2) is 5.30. The zero-order chi connectivity index (χ0) is 10.4. The molecule has 0 aliphatic rings. The highest BCUT2D eigenvalue weighted by Gasteiger charge is 2.00. The average molecular weight is 207 g/mol. The van der Waals surface area contributed by atoms with Crippen molar-refractivity contribution in [1.82, 2.24) is 4.98 Å². The molecule has 1 heterocycles. The molecule has 0 amide bonds. The first-order valence-electron chi connectivity index (χ1n) is 4.03. The molecule has 0 saturated heterocycles. The molecule has 1 aromatic rings. The molecule has 0 spiro atoms. The van der Waals surface area contributed by atoms with Crippen LogP contribution in [0.4, 0.5) is 0 Å². The van der Waals surface area contributed by atoms with Gasteiger partial charge in [-0.3, -0.25) is 0 Å². The summed E-state index contributed by atoms with van der Waals surface area (Å²) in [6.45, 7) is 0. The summed E-state index contributed by atoms with van der Waals surface area (Å²) in [5.41, 5.74) is 0.751. The van der Waals surface area contributed by atoms with E-state index in [9.17, 15) is 4.79 Å². The number of hydrogen-bond donors (Lipinski definition) is 2. The molecule has 72 valence electrons. The summed E-state index contributed by atoms with van der Waals surface area (Å²) in [4.78, 5) is 14.4. The molecule has 0 aromatic carbocycles. The number of aromatic nitrogens is 1. The van der Waals surface area contributed by atoms with Crippen LogP contribution >= 0.6 is 12.6 Å². The molecule has 14 heavy (non-hydrogen) atoms. The van der Waals surface area contributed by atoms with Gasteiger partial charge in [-0.05, 0) is 18.1 Å². The predicted octanol–water partition coefficient (Wildman–Crippen LogP) is 1.45. The molecule has 0 aliphatic carbocycles. The van der Waals surface area contributed by atoms with Gasteiger partial charge >= 0.3 is 5.97 Å². The van der Waals surface area contributed by atoms with Gasteiger partial charge in [0.2, 0.25) is 0 Å². The number of nitrogens with zero attached hydrogens (tertiary/aromatic N) is 1. The molecule has 0 unspecified atom stereocenters. The second-order valence-electron chi connectivity index (χ2n) is 2.51. The third-order valence-electron chi connectivity index (χ3n) is 1.46. The van der Waals surface area contributed by atoms with Crippen LogP contribution in [0.3, 0.4) is 0 Å². The summed E-state index contributed by atoms with van der Waals surface area (Å²) < 4.78 is 0. The number of rotatable bonds is 2. The fraction of sp³-hybridized carbons (Fsp3) is 0.200. The molecule has 0 saturated carbocycles. The van der Waals surface area contributed by atoms with Crippen molar-refractivity contribution in [3.05, 3.63) is 29.6 Å². The first-order valence-corrected chi connectivity index (χ1v) is 4.66. The smallest absolute Gasteiger partial charge is 0.337 e. The van der Waals surface area contributed by atoms with Gasteiger partial charge in [0, 0.05) is 18.4 Å². The zero-order valence-corrected chi connectivity index (χ0v) is 8.29. The van der Waals surface area contributed by atoms with Gasteiger partial charge in [0.15, 0.2) is 0 Å². The van der Waals surface area contributed by atoms with Gasteiger partial charge in [-0.1, -0.05) is 5.92 Å². The van der Waals surface area contributed by atoms with E-state index in [4.69, 9.17) is 5.11 Å². The molecule has 1 aromatic heterocycles. The van der Waals surface area contributed by atoms with Crippen LogP contribution in [-0.2, 0) is 0 Å². The van der Waals surface area contributed by atoms with E-state index in [0.717, 1.165) is 0 Å². The summed E-state index contributed by atoms with van der Waals surface area (Å²) in [6, 6.07) is 3.08. The predicted molar refractivity (Wildman–Crippen MR) is 56.5 cm³/mol. The van der Waals surface area contributed by atoms with Crippen molar-refractivity contribution in [3.63, 3.8) is 0 Å². The van der Waals surface area contributed by atoms with Crippen LogP contribution in [-0.4, -0.2) is 21.8 Å². The van der Waals surface area contributed by atoms with Crippen molar-refractivity contribution < 1.29 is 9.90 Å². The Labute approximate surface area is 87.6 Å². The van der Waals surface area contributed by atoms with Crippen LogP contribution in [0.25, 0.3) is 0 Å². The first-order chi connectivity index (χ1) is 6.74. The van der Waals surface area contributed by atoms with E-state index in [1.807, 2.05) is 0 Å². The molecule has 0 bridgehead atoms. The van der Waals surface area contributed by atoms with Gasteiger partial charge in [0.25, 0.3) is 0 Å². The second-order valence-corrected chi connectivity index (χ2v) is 2.96. The van der Waals surface area contributed by atoms with Crippen LogP contribution in [0, 0.1) is 11.8 Å². The van der Waals surface area contributed by atoms with E-state index in [0.29, 0.717) is 17.9 Å². The molecule has 0 aliphatic heterocycles. The lowest BCUT2D eigenvalue weighted by Crippen LogP contribution is -1.97. The third-order valence-corrected chi connectivity index (χ3v) is 1.69. The number of carboxylic acids is 1. The highest BCUT2D eigenvalue weighted by molar-refractivity contribution is 7.80. The van der Waals surface area contributed by atoms with Crippen molar-refractivity contribution in [2.24, 2.45) is 0 Å². The maximum absolute atomic E-state index is 10.5. The number of carbonyl (C=O) groups is 1. The Kier molecular flexibility index (Phi) is 4.02. The Morgan fingerprint density at radius 2 is 2.36 bits per heavy atom. The molecule has 3 nitrogen and oxygen atoms in total. The summed E-state index contributed by atoms with van der Waals surface area (Å²) in [7, 11) is 0. The quantitative estimate of drug-likeness (QED) is 0.570. The van der Waals surface area contributed by atoms with E-state index in [1.165, 1.54) is 12.3 Å². The first kappa shape index (κ1) is 10.6. The van der Waals surface area contributed by atoms with E-state index in [1.54, 1.807) is 6.07 Å². The maximum atomic E-state index is 10.5. The molecule has 1 rings (SSSR count). The third kappa shape index (κ3) is 3.11. The van der Waals surface area contributed by atoms with Gasteiger partial charge < -0.3 is 5.11 Å². The van der Waals surface area contributed by atoms with Crippen molar-refractivity contribution in [3.8, 4) is 11.8 Å². The van der Waals surface area contributed by atoms with E-state index >= 15 is 0 Å². The maximum Gasteiger partial charge on any atom is 0.337 e. The van der Waals surface area contributed by atoms with E-state index in [2.05, 4.69) is 29.5 Å². The molecular weight excluding hydrogens is 198 g/mol. The Morgan fingerprint density at radius 3 is 2.86 bits per heavy atom. The molecular formula is C10H9NO2S. The van der Waals surface area contributed by atoms with Gasteiger partial charge in [0.1, 0.15) is 5.69 Å². The molecule has 1 N–H and O–H groups in total. The summed E-state index contributed by atoms with van der Waals surface area (Å²) in [5, 5.41) is 8.60. The molecule has 4 heteroatoms. The van der Waals surface area contributed by atoms with Crippen molar-refractivity contribution in [1.29, 1.82) is 0 Å². The van der Waals surface area contributed by atoms with Gasteiger partial charge in [-0.25, -0.2) is 9.78 Å². The standard InChI is InChI=1S/C10H9NO2S/c12-10(13)8-4-5-9(11-7-8)3-1-2-6-14/h4-5,7,14H,2,6H2,(H,12,13). The highest BCUT2D eigenvalue weighted by atomic mass is 32.1. The summed E-state index contributed by atoms with van der Waals surface area (Å²) in [6.07, 6.45) is 2.00. The lowest BCUT2D eigenvalue weighted by molar-refractivity contribution is 0.0696. The topological polar surface area (TPSA) is 50.2 Å². The van der Waals surface area contributed by atoms with E-state index < -0.39 is 5.97 Å². The Morgan fingerprint density at radius 1 is 1.57 bits per heavy atom. The Balaban J connectivity index is 2.75. The minimum Gasteiger partial charge on any atom is -0.478 e. The fourth-order valence-electron chi connectivity index (χ4n) is 0.803. The molecule has 0 atom stereocenters. The number of pyridine rings is 1. The summed E-state index contributed by atoms with van der Waals surface area (Å²) in [5.74, 6) is 5.40. The highest BCUT2D eigenvalue weighted by Crippen LogP contribution is 1.98. The normalized spacial score (nSPS) is 8.93. The number of thiol groups is 1. The monoisotopic (exact) mass is 207 g/mol. The largest absolute Gasteiger partial charge is 0.478 e. The van der Waals surface area contributed by atoms with Gasteiger partial charge in [-0.15, -0.1) is 0 Å². The van der Waals surface area contributed by atoms with Crippen molar-refractivity contribution in [2.75, 3.05) is 5.75 Å². The summed E-state index contributed by atoms with van der Waals surface area (Å²) >= 11 is 4.01. The number of hydrogen-bond acceptors (Lipinski definition) is 3. The van der Waals surface area contributed by atoms with Gasteiger partial charge in [0.05, 0.1) is 5.56 Å². The SMILES string of the molecule is O=C(O)c1ccc(C#CCCS)nc1. The van der Waals surface area contributed by atoms with Crippen molar-refractivity contribution in [2.45, 2.75) is 6.42 Å². The van der Waals surface area contributed by atoms with Crippen LogP contribution in [0.2, 0.25) is 0 Å². The fourth-order valence-corrected chi connectivity index (χ4v) is 0.915. The zero-order valence-electron chi connectivity index (χ0n) is 7.40.